The molecule has 108 valence electrons. The Morgan fingerprint density at radius 3 is 2.80 bits per heavy atom. The van der Waals surface area contributed by atoms with E-state index in [1.165, 1.54) is 28.1 Å². The summed E-state index contributed by atoms with van der Waals surface area (Å²) in [5.41, 5.74) is 0.0350. The Morgan fingerprint density at radius 1 is 1.45 bits per heavy atom. The molecule has 0 aliphatic carbocycles. The molecule has 4 nitrogen and oxygen atoms in total. The van der Waals surface area contributed by atoms with E-state index in [1.54, 1.807) is 0 Å². The standard InChI is InChI=1S/C11H9F3N2O2S2/c12-11(13,14)8(17)4-15-9(18)6-5-20-10(16-6)7-2-1-3-19-7/h1-3,5,8,17H,4H2,(H,15,18). The van der Waals surface area contributed by atoms with Crippen LogP contribution in [0, 0.1) is 0 Å². The summed E-state index contributed by atoms with van der Waals surface area (Å²) in [7, 11) is 0. The summed E-state index contributed by atoms with van der Waals surface area (Å²) in [4.78, 5) is 16.5. The topological polar surface area (TPSA) is 62.2 Å². The highest BCUT2D eigenvalue weighted by Gasteiger charge is 2.38. The van der Waals surface area contributed by atoms with Crippen LogP contribution in [0.3, 0.4) is 0 Å². The zero-order valence-corrected chi connectivity index (χ0v) is 11.5. The Morgan fingerprint density at radius 2 is 2.20 bits per heavy atom. The van der Waals surface area contributed by atoms with Crippen molar-refractivity contribution in [2.75, 3.05) is 6.54 Å². The Bertz CT molecular complexity index is 581. The third-order valence-electron chi connectivity index (χ3n) is 2.30. The first-order valence-corrected chi connectivity index (χ1v) is 7.16. The van der Waals surface area contributed by atoms with Crippen molar-refractivity contribution in [3.8, 4) is 9.88 Å². The van der Waals surface area contributed by atoms with Crippen LogP contribution in [0.4, 0.5) is 13.2 Å². The van der Waals surface area contributed by atoms with Crippen molar-refractivity contribution in [3.63, 3.8) is 0 Å². The normalized spacial score (nSPS) is 13.2. The van der Waals surface area contributed by atoms with Gasteiger partial charge in [0, 0.05) is 5.38 Å². The minimum atomic E-state index is -4.75. The fraction of sp³-hybridized carbons (Fsp3) is 0.273. The van der Waals surface area contributed by atoms with Gasteiger partial charge in [-0.3, -0.25) is 4.79 Å². The van der Waals surface area contributed by atoms with E-state index in [4.69, 9.17) is 5.11 Å². The number of aromatic nitrogens is 1. The van der Waals surface area contributed by atoms with Gasteiger partial charge in [-0.2, -0.15) is 13.2 Å². The maximum Gasteiger partial charge on any atom is 0.416 e. The Balaban J connectivity index is 1.97. The average Bonchev–Trinajstić information content (AvgIpc) is 3.03. The molecule has 0 aliphatic heterocycles. The molecule has 0 radical (unpaired) electrons. The number of alkyl halides is 3. The number of carbonyl (C=O) groups excluding carboxylic acids is 1. The van der Waals surface area contributed by atoms with Gasteiger partial charge in [-0.05, 0) is 11.4 Å². The van der Waals surface area contributed by atoms with Crippen molar-refractivity contribution >= 4 is 28.6 Å². The molecule has 0 saturated heterocycles. The van der Waals surface area contributed by atoms with Crippen LogP contribution in [-0.4, -0.2) is 34.8 Å². The second kappa shape index (κ2) is 5.90. The first-order valence-electron chi connectivity index (χ1n) is 5.40. The number of carbonyl (C=O) groups is 1. The van der Waals surface area contributed by atoms with Gasteiger partial charge >= 0.3 is 6.18 Å². The Hall–Kier alpha value is -1.45. The third-order valence-corrected chi connectivity index (χ3v) is 4.18. The van der Waals surface area contributed by atoms with Gasteiger partial charge in [0.25, 0.3) is 5.91 Å². The van der Waals surface area contributed by atoms with Crippen LogP contribution >= 0.6 is 22.7 Å². The van der Waals surface area contributed by atoms with Crippen molar-refractivity contribution in [2.24, 2.45) is 0 Å². The number of rotatable bonds is 4. The van der Waals surface area contributed by atoms with Crippen LogP contribution in [-0.2, 0) is 0 Å². The highest BCUT2D eigenvalue weighted by atomic mass is 32.1. The molecule has 2 aromatic heterocycles. The second-order valence-electron chi connectivity index (χ2n) is 3.78. The molecule has 2 N–H and O–H groups in total. The second-order valence-corrected chi connectivity index (χ2v) is 5.59. The Labute approximate surface area is 119 Å². The monoisotopic (exact) mass is 322 g/mol. The van der Waals surface area contributed by atoms with E-state index in [-0.39, 0.29) is 5.69 Å². The number of halogens is 3. The van der Waals surface area contributed by atoms with Crippen molar-refractivity contribution in [1.82, 2.24) is 10.3 Å². The first-order chi connectivity index (χ1) is 9.38. The van der Waals surface area contributed by atoms with E-state index in [0.29, 0.717) is 5.01 Å². The van der Waals surface area contributed by atoms with E-state index in [1.807, 2.05) is 22.8 Å². The van der Waals surface area contributed by atoms with Crippen molar-refractivity contribution in [1.29, 1.82) is 0 Å². The molecule has 9 heteroatoms. The van der Waals surface area contributed by atoms with Gasteiger partial charge in [-0.25, -0.2) is 4.98 Å². The SMILES string of the molecule is O=C(NCC(O)C(F)(F)F)c1csc(-c2cccs2)n1. The number of nitrogens with zero attached hydrogens (tertiary/aromatic N) is 1. The lowest BCUT2D eigenvalue weighted by molar-refractivity contribution is -0.201. The molecule has 2 heterocycles. The van der Waals surface area contributed by atoms with E-state index in [0.717, 1.165) is 4.88 Å². The van der Waals surface area contributed by atoms with Gasteiger partial charge in [0.15, 0.2) is 6.10 Å². The summed E-state index contributed by atoms with van der Waals surface area (Å²) < 4.78 is 36.2. The number of amides is 1. The molecule has 1 atom stereocenters. The summed E-state index contributed by atoms with van der Waals surface area (Å²) in [6.07, 6.45) is -7.33. The molecule has 1 amide bonds. The van der Waals surface area contributed by atoms with Crippen LogP contribution in [0.25, 0.3) is 9.88 Å². The van der Waals surface area contributed by atoms with Crippen LogP contribution in [0.15, 0.2) is 22.9 Å². The average molecular weight is 322 g/mol. The molecule has 2 rings (SSSR count). The number of aliphatic hydroxyl groups is 1. The number of hydrogen-bond donors (Lipinski definition) is 2. The summed E-state index contributed by atoms with van der Waals surface area (Å²) in [5, 5.41) is 14.7. The zero-order chi connectivity index (χ0) is 14.8. The third kappa shape index (κ3) is 3.56. The molecular weight excluding hydrogens is 313 g/mol. The zero-order valence-electron chi connectivity index (χ0n) is 9.85. The smallest absolute Gasteiger partial charge is 0.382 e. The van der Waals surface area contributed by atoms with Gasteiger partial charge in [0.05, 0.1) is 11.4 Å². The largest absolute Gasteiger partial charge is 0.416 e. The summed E-state index contributed by atoms with van der Waals surface area (Å²) >= 11 is 2.68. The van der Waals surface area contributed by atoms with Gasteiger partial charge in [0.2, 0.25) is 0 Å². The fourth-order valence-corrected chi connectivity index (χ4v) is 2.90. The van der Waals surface area contributed by atoms with Crippen molar-refractivity contribution in [3.05, 3.63) is 28.6 Å². The van der Waals surface area contributed by atoms with Gasteiger partial charge in [-0.1, -0.05) is 6.07 Å². The lowest BCUT2D eigenvalue weighted by Crippen LogP contribution is -2.40. The lowest BCUT2D eigenvalue weighted by Gasteiger charge is -2.14. The molecule has 0 saturated carbocycles. The number of aliphatic hydroxyl groups excluding tert-OH is 1. The van der Waals surface area contributed by atoms with E-state index < -0.39 is 24.7 Å². The van der Waals surface area contributed by atoms with E-state index >= 15 is 0 Å². The molecule has 1 unspecified atom stereocenters. The minimum absolute atomic E-state index is 0.0350. The number of thiazole rings is 1. The van der Waals surface area contributed by atoms with Crippen LogP contribution in [0.1, 0.15) is 10.5 Å². The maximum atomic E-state index is 12.1. The van der Waals surface area contributed by atoms with Crippen LogP contribution in [0.5, 0.6) is 0 Å². The number of hydrogen-bond acceptors (Lipinski definition) is 5. The first kappa shape index (κ1) is 14.9. The molecule has 2 aromatic rings. The predicted molar refractivity (Wildman–Crippen MR) is 69.8 cm³/mol. The maximum absolute atomic E-state index is 12.1. The molecule has 20 heavy (non-hydrogen) atoms. The van der Waals surface area contributed by atoms with E-state index in [9.17, 15) is 18.0 Å². The van der Waals surface area contributed by atoms with Gasteiger partial charge in [-0.15, -0.1) is 22.7 Å². The van der Waals surface area contributed by atoms with Gasteiger partial charge in [0.1, 0.15) is 10.7 Å². The lowest BCUT2D eigenvalue weighted by atomic mass is 10.3. The molecule has 0 aliphatic rings. The molecule has 0 fully saturated rings. The molecule has 0 spiro atoms. The fourth-order valence-electron chi connectivity index (χ4n) is 1.29. The summed E-state index contributed by atoms with van der Waals surface area (Å²) in [6, 6.07) is 3.67. The Kier molecular flexibility index (Phi) is 4.41. The summed E-state index contributed by atoms with van der Waals surface area (Å²) in [5.74, 6) is -0.743. The molecule has 0 bridgehead atoms. The van der Waals surface area contributed by atoms with Gasteiger partial charge < -0.3 is 10.4 Å². The predicted octanol–water partition coefficient (Wildman–Crippen LogP) is 2.52. The molecule has 0 aromatic carbocycles. The van der Waals surface area contributed by atoms with Crippen LogP contribution < -0.4 is 5.32 Å². The highest BCUT2D eigenvalue weighted by Crippen LogP contribution is 2.27. The molecular formula is C11H9F3N2O2S2. The quantitative estimate of drug-likeness (QED) is 0.909. The van der Waals surface area contributed by atoms with Crippen LogP contribution in [0.2, 0.25) is 0 Å². The highest BCUT2D eigenvalue weighted by molar-refractivity contribution is 7.20. The summed E-state index contributed by atoms with van der Waals surface area (Å²) in [6.45, 7) is -0.895. The van der Waals surface area contributed by atoms with E-state index in [2.05, 4.69) is 4.98 Å². The van der Waals surface area contributed by atoms with Crippen molar-refractivity contribution < 1.29 is 23.1 Å². The minimum Gasteiger partial charge on any atom is -0.382 e. The van der Waals surface area contributed by atoms with Crippen molar-refractivity contribution in [2.45, 2.75) is 12.3 Å². The number of nitrogens with one attached hydrogen (secondary N) is 1. The number of thiophene rings is 1.